The monoisotopic (exact) mass is 387 g/mol. The molecule has 1 N–H and O–H groups in total. The standard InChI is InChI=1S/C21H17N5OS/c1-2-5-18-14(4-1)10-15(27-18)11-24-21-25-12-16(17-13-22-7-8-23-17)20(26-21)19-6-3-9-28-19/h1-9,12-13,15H,10-11H2,(H,24,25,26)/t15-/m1/s1. The van der Waals surface area contributed by atoms with Crippen molar-refractivity contribution in [1.29, 1.82) is 0 Å². The highest BCUT2D eigenvalue weighted by Crippen LogP contribution is 2.32. The van der Waals surface area contributed by atoms with Crippen LogP contribution >= 0.6 is 11.3 Å². The molecule has 1 atom stereocenters. The lowest BCUT2D eigenvalue weighted by atomic mass is 10.1. The molecule has 4 aromatic rings. The van der Waals surface area contributed by atoms with Gasteiger partial charge in [0.05, 0.1) is 29.0 Å². The zero-order valence-corrected chi connectivity index (χ0v) is 15.8. The van der Waals surface area contributed by atoms with Gasteiger partial charge in [-0.3, -0.25) is 9.97 Å². The van der Waals surface area contributed by atoms with Gasteiger partial charge in [0, 0.05) is 30.6 Å². The van der Waals surface area contributed by atoms with E-state index in [0.29, 0.717) is 12.5 Å². The van der Waals surface area contributed by atoms with E-state index in [4.69, 9.17) is 9.72 Å². The molecule has 0 saturated heterocycles. The van der Waals surface area contributed by atoms with E-state index in [1.807, 2.05) is 35.7 Å². The maximum Gasteiger partial charge on any atom is 0.223 e. The van der Waals surface area contributed by atoms with Crippen LogP contribution in [-0.4, -0.2) is 32.6 Å². The number of nitrogens with one attached hydrogen (secondary N) is 1. The molecule has 4 heterocycles. The molecular formula is C21H17N5OS. The second kappa shape index (κ2) is 7.36. The fourth-order valence-corrected chi connectivity index (χ4v) is 3.99. The van der Waals surface area contributed by atoms with E-state index in [-0.39, 0.29) is 6.10 Å². The maximum atomic E-state index is 5.99. The van der Waals surface area contributed by atoms with E-state index in [9.17, 15) is 0 Å². The summed E-state index contributed by atoms with van der Waals surface area (Å²) in [7, 11) is 0. The Kier molecular flexibility index (Phi) is 4.42. The van der Waals surface area contributed by atoms with Gasteiger partial charge in [-0.1, -0.05) is 24.3 Å². The summed E-state index contributed by atoms with van der Waals surface area (Å²) in [6, 6.07) is 12.2. The normalized spacial score (nSPS) is 15.1. The molecule has 1 aliphatic rings. The van der Waals surface area contributed by atoms with Crippen LogP contribution in [0.5, 0.6) is 5.75 Å². The van der Waals surface area contributed by atoms with Gasteiger partial charge in [0.15, 0.2) is 0 Å². The van der Waals surface area contributed by atoms with Gasteiger partial charge in [-0.05, 0) is 23.1 Å². The van der Waals surface area contributed by atoms with Gasteiger partial charge in [-0.2, -0.15) is 0 Å². The van der Waals surface area contributed by atoms with Crippen molar-refractivity contribution < 1.29 is 4.74 Å². The third-order valence-electron chi connectivity index (χ3n) is 4.58. The van der Waals surface area contributed by atoms with Crippen molar-refractivity contribution in [1.82, 2.24) is 19.9 Å². The molecule has 0 spiro atoms. The Morgan fingerprint density at radius 3 is 2.86 bits per heavy atom. The molecule has 1 aromatic carbocycles. The van der Waals surface area contributed by atoms with Gasteiger partial charge in [-0.15, -0.1) is 11.3 Å². The maximum absolute atomic E-state index is 5.99. The molecule has 3 aromatic heterocycles. The van der Waals surface area contributed by atoms with Crippen LogP contribution in [0.15, 0.2) is 66.6 Å². The molecule has 0 saturated carbocycles. The Morgan fingerprint density at radius 1 is 1.07 bits per heavy atom. The van der Waals surface area contributed by atoms with Crippen LogP contribution in [0.25, 0.3) is 21.8 Å². The number of nitrogens with zero attached hydrogens (tertiary/aromatic N) is 4. The first-order chi connectivity index (χ1) is 13.9. The molecule has 5 rings (SSSR count). The molecular weight excluding hydrogens is 370 g/mol. The number of para-hydroxylation sites is 1. The zero-order chi connectivity index (χ0) is 18.8. The Morgan fingerprint density at radius 2 is 2.04 bits per heavy atom. The van der Waals surface area contributed by atoms with Gasteiger partial charge in [0.2, 0.25) is 5.95 Å². The minimum Gasteiger partial charge on any atom is -0.488 e. The third-order valence-corrected chi connectivity index (χ3v) is 5.46. The molecule has 0 aliphatic carbocycles. The van der Waals surface area contributed by atoms with Crippen molar-refractivity contribution in [3.8, 4) is 27.6 Å². The Bertz CT molecular complexity index is 1060. The first kappa shape index (κ1) is 16.8. The summed E-state index contributed by atoms with van der Waals surface area (Å²) in [6.45, 7) is 0.642. The topological polar surface area (TPSA) is 72.8 Å². The van der Waals surface area contributed by atoms with Crippen molar-refractivity contribution in [3.05, 3.63) is 72.1 Å². The summed E-state index contributed by atoms with van der Waals surface area (Å²) in [6.07, 6.45) is 7.83. The summed E-state index contributed by atoms with van der Waals surface area (Å²) < 4.78 is 5.99. The number of anilines is 1. The van der Waals surface area contributed by atoms with Crippen LogP contribution in [0.1, 0.15) is 5.56 Å². The van der Waals surface area contributed by atoms with E-state index in [0.717, 1.165) is 34.0 Å². The van der Waals surface area contributed by atoms with Crippen LogP contribution in [0.3, 0.4) is 0 Å². The SMILES string of the molecule is c1csc(-c2nc(NC[C@H]3Cc4ccccc4O3)ncc2-c2cnccn2)c1. The molecule has 0 radical (unpaired) electrons. The fourth-order valence-electron chi connectivity index (χ4n) is 3.27. The Labute approximate surface area is 166 Å². The summed E-state index contributed by atoms with van der Waals surface area (Å²) in [5.41, 5.74) is 3.72. The van der Waals surface area contributed by atoms with Crippen LogP contribution in [0.4, 0.5) is 5.95 Å². The van der Waals surface area contributed by atoms with Gasteiger partial charge in [0.25, 0.3) is 0 Å². The van der Waals surface area contributed by atoms with Crippen molar-refractivity contribution in [2.45, 2.75) is 12.5 Å². The van der Waals surface area contributed by atoms with Crippen molar-refractivity contribution in [2.24, 2.45) is 0 Å². The molecule has 0 amide bonds. The largest absolute Gasteiger partial charge is 0.488 e. The number of fused-ring (bicyclic) bond motifs is 1. The number of ether oxygens (including phenoxy) is 1. The van der Waals surface area contributed by atoms with Crippen molar-refractivity contribution in [3.63, 3.8) is 0 Å². The van der Waals surface area contributed by atoms with Gasteiger partial charge < -0.3 is 10.1 Å². The molecule has 1 aliphatic heterocycles. The number of hydrogen-bond donors (Lipinski definition) is 1. The lowest BCUT2D eigenvalue weighted by Crippen LogP contribution is -2.24. The number of benzene rings is 1. The highest BCUT2D eigenvalue weighted by Gasteiger charge is 2.22. The second-order valence-corrected chi connectivity index (χ2v) is 7.40. The van der Waals surface area contributed by atoms with Crippen LogP contribution < -0.4 is 10.1 Å². The lowest BCUT2D eigenvalue weighted by molar-refractivity contribution is 0.246. The number of hydrogen-bond acceptors (Lipinski definition) is 7. The summed E-state index contributed by atoms with van der Waals surface area (Å²) in [5, 5.41) is 5.36. The van der Waals surface area contributed by atoms with Gasteiger partial charge in [0.1, 0.15) is 11.9 Å². The fraction of sp³-hybridized carbons (Fsp3) is 0.143. The quantitative estimate of drug-likeness (QED) is 0.556. The number of aromatic nitrogens is 4. The smallest absolute Gasteiger partial charge is 0.223 e. The number of thiophene rings is 1. The van der Waals surface area contributed by atoms with E-state index in [1.165, 1.54) is 5.56 Å². The zero-order valence-electron chi connectivity index (χ0n) is 14.9. The minimum absolute atomic E-state index is 0.0749. The third kappa shape index (κ3) is 3.32. The predicted molar refractivity (Wildman–Crippen MR) is 109 cm³/mol. The molecule has 6 nitrogen and oxygen atoms in total. The van der Waals surface area contributed by atoms with E-state index in [1.54, 1.807) is 36.1 Å². The van der Waals surface area contributed by atoms with Crippen LogP contribution in [0, 0.1) is 0 Å². The van der Waals surface area contributed by atoms with Crippen molar-refractivity contribution >= 4 is 17.3 Å². The molecule has 0 fully saturated rings. The highest BCUT2D eigenvalue weighted by molar-refractivity contribution is 7.13. The average molecular weight is 387 g/mol. The average Bonchev–Trinajstić information content (AvgIpc) is 3.42. The van der Waals surface area contributed by atoms with Crippen LogP contribution in [-0.2, 0) is 6.42 Å². The summed E-state index contributed by atoms with van der Waals surface area (Å²) in [5.74, 6) is 1.54. The first-order valence-electron chi connectivity index (χ1n) is 9.02. The summed E-state index contributed by atoms with van der Waals surface area (Å²) >= 11 is 1.64. The minimum atomic E-state index is 0.0749. The van der Waals surface area contributed by atoms with Gasteiger partial charge in [-0.25, -0.2) is 9.97 Å². The first-order valence-corrected chi connectivity index (χ1v) is 9.90. The molecule has 138 valence electrons. The Balaban J connectivity index is 1.38. The summed E-state index contributed by atoms with van der Waals surface area (Å²) in [4.78, 5) is 18.9. The highest BCUT2D eigenvalue weighted by atomic mass is 32.1. The second-order valence-electron chi connectivity index (χ2n) is 6.46. The molecule has 0 bridgehead atoms. The van der Waals surface area contributed by atoms with E-state index < -0.39 is 0 Å². The predicted octanol–water partition coefficient (Wildman–Crippen LogP) is 4.08. The van der Waals surface area contributed by atoms with E-state index >= 15 is 0 Å². The molecule has 28 heavy (non-hydrogen) atoms. The lowest BCUT2D eigenvalue weighted by Gasteiger charge is -2.13. The molecule has 7 heteroatoms. The Hall–Kier alpha value is -3.32. The van der Waals surface area contributed by atoms with E-state index in [2.05, 4.69) is 26.3 Å². The molecule has 0 unspecified atom stereocenters. The number of rotatable bonds is 5. The van der Waals surface area contributed by atoms with Crippen LogP contribution in [0.2, 0.25) is 0 Å². The van der Waals surface area contributed by atoms with Gasteiger partial charge >= 0.3 is 0 Å². The van der Waals surface area contributed by atoms with Crippen molar-refractivity contribution in [2.75, 3.05) is 11.9 Å².